The van der Waals surface area contributed by atoms with Crippen molar-refractivity contribution in [2.45, 2.75) is 6.54 Å². The molecule has 0 saturated heterocycles. The minimum absolute atomic E-state index is 0.0771. The molecule has 0 saturated carbocycles. The Bertz CT molecular complexity index is 725. The second-order valence-electron chi connectivity index (χ2n) is 4.71. The van der Waals surface area contributed by atoms with Crippen LogP contribution in [0.1, 0.15) is 11.1 Å². The first-order valence-electron chi connectivity index (χ1n) is 6.46. The molecule has 0 aromatic heterocycles. The maximum absolute atomic E-state index is 13.1. The summed E-state index contributed by atoms with van der Waals surface area (Å²) in [5, 5.41) is 12.2. The van der Waals surface area contributed by atoms with Gasteiger partial charge < -0.3 is 10.2 Å². The Labute approximate surface area is 132 Å². The van der Waals surface area contributed by atoms with E-state index in [4.69, 9.17) is 16.9 Å². The van der Waals surface area contributed by atoms with Crippen LogP contribution in [0.15, 0.2) is 42.5 Å². The molecule has 0 heterocycles. The Morgan fingerprint density at radius 2 is 2.00 bits per heavy atom. The second kappa shape index (κ2) is 6.92. The summed E-state index contributed by atoms with van der Waals surface area (Å²) in [6.45, 7) is 0.381. The Morgan fingerprint density at radius 3 is 2.64 bits per heavy atom. The summed E-state index contributed by atoms with van der Waals surface area (Å²) in [5.74, 6) is -0.524. The standard InChI is InChI=1S/C16H13ClFN3O/c1-21(10-11-2-4-13(17)5-3-11)16(22)20-15-7-6-14(18)8-12(15)9-19/h2-8H,10H2,1H3,(H,20,22). The SMILES string of the molecule is CN(Cc1ccc(Cl)cc1)C(=O)Nc1ccc(F)cc1C#N. The van der Waals surface area contributed by atoms with E-state index in [1.54, 1.807) is 19.2 Å². The summed E-state index contributed by atoms with van der Waals surface area (Å²) in [7, 11) is 1.62. The molecule has 2 aromatic carbocycles. The van der Waals surface area contributed by atoms with Crippen LogP contribution in [0.3, 0.4) is 0 Å². The second-order valence-corrected chi connectivity index (χ2v) is 5.15. The fourth-order valence-electron chi connectivity index (χ4n) is 1.86. The largest absolute Gasteiger partial charge is 0.323 e. The third kappa shape index (κ3) is 3.96. The first kappa shape index (κ1) is 15.8. The highest BCUT2D eigenvalue weighted by molar-refractivity contribution is 6.30. The number of carbonyl (C=O) groups is 1. The van der Waals surface area contributed by atoms with Crippen LogP contribution in [0.25, 0.3) is 0 Å². The molecular formula is C16H13ClFN3O. The van der Waals surface area contributed by atoms with Crippen LogP contribution in [-0.2, 0) is 6.54 Å². The number of nitrogens with one attached hydrogen (secondary N) is 1. The molecular weight excluding hydrogens is 305 g/mol. The number of nitriles is 1. The maximum atomic E-state index is 13.1. The Hall–Kier alpha value is -2.58. The molecule has 2 amide bonds. The number of halogens is 2. The number of hydrogen-bond acceptors (Lipinski definition) is 2. The van der Waals surface area contributed by atoms with Gasteiger partial charge >= 0.3 is 6.03 Å². The van der Waals surface area contributed by atoms with Crippen LogP contribution in [0.2, 0.25) is 5.02 Å². The van der Waals surface area contributed by atoms with Gasteiger partial charge in [-0.3, -0.25) is 0 Å². The molecule has 0 aliphatic rings. The average molecular weight is 318 g/mol. The maximum Gasteiger partial charge on any atom is 0.321 e. The minimum atomic E-state index is -0.524. The molecule has 0 aliphatic carbocycles. The summed E-state index contributed by atoms with van der Waals surface area (Å²) in [5.41, 5.74) is 1.27. The van der Waals surface area contributed by atoms with E-state index in [1.807, 2.05) is 18.2 Å². The summed E-state index contributed by atoms with van der Waals surface area (Å²) in [4.78, 5) is 13.6. The topological polar surface area (TPSA) is 56.1 Å². The summed E-state index contributed by atoms with van der Waals surface area (Å²) < 4.78 is 13.1. The number of nitrogens with zero attached hydrogens (tertiary/aromatic N) is 2. The van der Waals surface area contributed by atoms with E-state index in [-0.39, 0.29) is 11.3 Å². The monoisotopic (exact) mass is 317 g/mol. The average Bonchev–Trinajstić information content (AvgIpc) is 2.51. The molecule has 4 nitrogen and oxygen atoms in total. The Morgan fingerprint density at radius 1 is 1.32 bits per heavy atom. The summed E-state index contributed by atoms with van der Waals surface area (Å²) in [6.07, 6.45) is 0. The van der Waals surface area contributed by atoms with Crippen LogP contribution in [0, 0.1) is 17.1 Å². The first-order valence-corrected chi connectivity index (χ1v) is 6.83. The highest BCUT2D eigenvalue weighted by atomic mass is 35.5. The predicted molar refractivity (Wildman–Crippen MR) is 83.1 cm³/mol. The lowest BCUT2D eigenvalue weighted by atomic mass is 10.2. The number of urea groups is 1. The number of rotatable bonds is 3. The number of amides is 2. The third-order valence-electron chi connectivity index (χ3n) is 3.02. The van der Waals surface area contributed by atoms with Crippen LogP contribution in [-0.4, -0.2) is 18.0 Å². The van der Waals surface area contributed by atoms with Crippen LogP contribution in [0.5, 0.6) is 0 Å². The van der Waals surface area contributed by atoms with E-state index in [2.05, 4.69) is 5.32 Å². The Balaban J connectivity index is 2.05. The third-order valence-corrected chi connectivity index (χ3v) is 3.28. The van der Waals surface area contributed by atoms with Crippen molar-refractivity contribution in [1.82, 2.24) is 4.90 Å². The number of anilines is 1. The molecule has 0 aliphatic heterocycles. The van der Waals surface area contributed by atoms with Gasteiger partial charge in [0.25, 0.3) is 0 Å². The van der Waals surface area contributed by atoms with Crippen molar-refractivity contribution >= 4 is 23.3 Å². The van der Waals surface area contributed by atoms with E-state index in [0.717, 1.165) is 11.6 Å². The van der Waals surface area contributed by atoms with Gasteiger partial charge in [0.15, 0.2) is 0 Å². The van der Waals surface area contributed by atoms with Crippen molar-refractivity contribution in [3.05, 3.63) is 64.4 Å². The van der Waals surface area contributed by atoms with Gasteiger partial charge in [0, 0.05) is 18.6 Å². The minimum Gasteiger partial charge on any atom is -0.323 e. The van der Waals surface area contributed by atoms with Gasteiger partial charge in [0.1, 0.15) is 11.9 Å². The smallest absolute Gasteiger partial charge is 0.321 e. The molecule has 112 valence electrons. The molecule has 22 heavy (non-hydrogen) atoms. The summed E-state index contributed by atoms with van der Waals surface area (Å²) in [6, 6.07) is 12.2. The van der Waals surface area contributed by atoms with Gasteiger partial charge in [-0.15, -0.1) is 0 Å². The van der Waals surface area contributed by atoms with Crippen molar-refractivity contribution in [2.24, 2.45) is 0 Å². The predicted octanol–water partition coefficient (Wildman–Crippen LogP) is 4.01. The van der Waals surface area contributed by atoms with Crippen molar-refractivity contribution in [1.29, 1.82) is 5.26 Å². The van der Waals surface area contributed by atoms with Crippen LogP contribution >= 0.6 is 11.6 Å². The normalized spacial score (nSPS) is 9.91. The number of hydrogen-bond donors (Lipinski definition) is 1. The van der Waals surface area contributed by atoms with Gasteiger partial charge in [-0.05, 0) is 35.9 Å². The van der Waals surface area contributed by atoms with E-state index in [0.29, 0.717) is 11.6 Å². The number of carbonyl (C=O) groups excluding carboxylic acids is 1. The van der Waals surface area contributed by atoms with Gasteiger partial charge in [-0.25, -0.2) is 9.18 Å². The quantitative estimate of drug-likeness (QED) is 0.929. The van der Waals surface area contributed by atoms with Crippen molar-refractivity contribution in [3.63, 3.8) is 0 Å². The van der Waals surface area contributed by atoms with Crippen molar-refractivity contribution in [3.8, 4) is 6.07 Å². The Kier molecular flexibility index (Phi) is 4.97. The molecule has 0 bridgehead atoms. The van der Waals surface area contributed by atoms with Gasteiger partial charge in [-0.1, -0.05) is 23.7 Å². The molecule has 0 unspecified atom stereocenters. The van der Waals surface area contributed by atoms with E-state index < -0.39 is 11.8 Å². The van der Waals surface area contributed by atoms with Gasteiger partial charge in [0.05, 0.1) is 11.3 Å². The molecule has 2 rings (SSSR count). The molecule has 0 fully saturated rings. The van der Waals surface area contributed by atoms with E-state index in [9.17, 15) is 9.18 Å². The summed E-state index contributed by atoms with van der Waals surface area (Å²) >= 11 is 5.81. The van der Waals surface area contributed by atoms with Crippen molar-refractivity contribution < 1.29 is 9.18 Å². The lowest BCUT2D eigenvalue weighted by molar-refractivity contribution is 0.220. The lowest BCUT2D eigenvalue weighted by Crippen LogP contribution is -2.31. The molecule has 2 aromatic rings. The highest BCUT2D eigenvalue weighted by Crippen LogP contribution is 2.17. The van der Waals surface area contributed by atoms with E-state index >= 15 is 0 Å². The zero-order valence-corrected chi connectivity index (χ0v) is 12.6. The van der Waals surface area contributed by atoms with Gasteiger partial charge in [0.2, 0.25) is 0 Å². The number of benzene rings is 2. The van der Waals surface area contributed by atoms with Gasteiger partial charge in [-0.2, -0.15) is 5.26 Å². The highest BCUT2D eigenvalue weighted by Gasteiger charge is 2.12. The molecule has 0 spiro atoms. The zero-order chi connectivity index (χ0) is 16.1. The fraction of sp³-hybridized carbons (Fsp3) is 0.125. The van der Waals surface area contributed by atoms with Crippen LogP contribution < -0.4 is 5.32 Å². The zero-order valence-electron chi connectivity index (χ0n) is 11.8. The van der Waals surface area contributed by atoms with Crippen LogP contribution in [0.4, 0.5) is 14.9 Å². The molecule has 0 radical (unpaired) electrons. The fourth-order valence-corrected chi connectivity index (χ4v) is 1.99. The molecule has 1 N–H and O–H groups in total. The van der Waals surface area contributed by atoms with E-state index in [1.165, 1.54) is 17.0 Å². The molecule has 0 atom stereocenters. The van der Waals surface area contributed by atoms with Crippen molar-refractivity contribution in [2.75, 3.05) is 12.4 Å². The first-order chi connectivity index (χ1) is 10.5. The molecule has 6 heteroatoms. The lowest BCUT2D eigenvalue weighted by Gasteiger charge is -2.18.